The second kappa shape index (κ2) is 2.55. The summed E-state index contributed by atoms with van der Waals surface area (Å²) >= 11 is 0. The molecule has 4 nitrogen and oxygen atoms in total. The molecule has 0 aromatic carbocycles. The zero-order valence-corrected chi connectivity index (χ0v) is 6.53. The highest BCUT2D eigenvalue weighted by Crippen LogP contribution is 2.34. The number of carbonyl (C=O) groups excluding carboxylic acids is 1. The summed E-state index contributed by atoms with van der Waals surface area (Å²) in [6.45, 7) is 0.424. The molecule has 3 atom stereocenters. The van der Waals surface area contributed by atoms with Gasteiger partial charge in [-0.05, 0) is 12.8 Å². The van der Waals surface area contributed by atoms with Crippen molar-refractivity contribution in [2.24, 2.45) is 11.8 Å². The first-order chi connectivity index (χ1) is 5.68. The van der Waals surface area contributed by atoms with E-state index < -0.39 is 12.1 Å². The molecule has 1 aliphatic heterocycles. The number of Topliss-reactive ketones (excluding diaryl/α,β-unsaturated/α-hetero) is 1. The van der Waals surface area contributed by atoms with Crippen molar-refractivity contribution < 1.29 is 19.4 Å². The molecule has 0 unspecified atom stereocenters. The van der Waals surface area contributed by atoms with E-state index >= 15 is 0 Å². The first-order valence-corrected chi connectivity index (χ1v) is 4.06. The molecule has 1 saturated heterocycles. The SMILES string of the molecule is O=C(O)[C@@H]1C[C@H]2CO[C@H](C1)C2=O. The van der Waals surface area contributed by atoms with E-state index in [0.29, 0.717) is 19.4 Å². The zero-order chi connectivity index (χ0) is 8.72. The number of hydrogen-bond donors (Lipinski definition) is 1. The maximum Gasteiger partial charge on any atom is 0.306 e. The van der Waals surface area contributed by atoms with Crippen molar-refractivity contribution in [3.63, 3.8) is 0 Å². The Kier molecular flexibility index (Phi) is 1.65. The highest BCUT2D eigenvalue weighted by atomic mass is 16.5. The lowest BCUT2D eigenvalue weighted by Crippen LogP contribution is -2.33. The highest BCUT2D eigenvalue weighted by molar-refractivity contribution is 5.89. The predicted octanol–water partition coefficient (Wildman–Crippen LogP) is 0.0651. The monoisotopic (exact) mass is 170 g/mol. The molecule has 1 heterocycles. The second-order valence-electron chi connectivity index (χ2n) is 3.43. The van der Waals surface area contributed by atoms with Crippen LogP contribution in [-0.4, -0.2) is 29.6 Å². The van der Waals surface area contributed by atoms with Gasteiger partial charge in [-0.3, -0.25) is 9.59 Å². The molecule has 2 fully saturated rings. The fraction of sp³-hybridized carbons (Fsp3) is 0.750. The van der Waals surface area contributed by atoms with Crippen molar-refractivity contribution in [1.82, 2.24) is 0 Å². The first-order valence-electron chi connectivity index (χ1n) is 4.06. The fourth-order valence-corrected chi connectivity index (χ4v) is 1.93. The Bertz CT molecular complexity index is 219. The van der Waals surface area contributed by atoms with Gasteiger partial charge in [0.15, 0.2) is 5.78 Å². The van der Waals surface area contributed by atoms with Crippen LogP contribution in [0.25, 0.3) is 0 Å². The molecular formula is C8H10O4. The average Bonchev–Trinajstić information content (AvgIpc) is 2.30. The van der Waals surface area contributed by atoms with Crippen LogP contribution >= 0.6 is 0 Å². The lowest BCUT2D eigenvalue weighted by atomic mass is 9.81. The summed E-state index contributed by atoms with van der Waals surface area (Å²) in [5, 5.41) is 8.72. The molecule has 2 rings (SSSR count). The molecule has 1 N–H and O–H groups in total. The van der Waals surface area contributed by atoms with E-state index in [0.717, 1.165) is 0 Å². The number of carbonyl (C=O) groups is 2. The Morgan fingerprint density at radius 3 is 2.83 bits per heavy atom. The molecular weight excluding hydrogens is 160 g/mol. The average molecular weight is 170 g/mol. The van der Waals surface area contributed by atoms with Gasteiger partial charge in [-0.2, -0.15) is 0 Å². The summed E-state index contributed by atoms with van der Waals surface area (Å²) in [7, 11) is 0. The Labute approximate surface area is 69.5 Å². The first kappa shape index (κ1) is 7.73. The Morgan fingerprint density at radius 2 is 2.25 bits per heavy atom. The summed E-state index contributed by atoms with van der Waals surface area (Å²) in [5.74, 6) is -1.22. The van der Waals surface area contributed by atoms with E-state index in [2.05, 4.69) is 0 Å². The number of ether oxygens (including phenoxy) is 1. The van der Waals surface area contributed by atoms with Crippen LogP contribution in [0, 0.1) is 11.8 Å². The molecule has 1 aliphatic carbocycles. The van der Waals surface area contributed by atoms with Gasteiger partial charge in [-0.25, -0.2) is 0 Å². The van der Waals surface area contributed by atoms with E-state index in [-0.39, 0.29) is 17.6 Å². The minimum absolute atomic E-state index is 0.104. The largest absolute Gasteiger partial charge is 0.481 e. The Hall–Kier alpha value is -0.900. The topological polar surface area (TPSA) is 63.6 Å². The van der Waals surface area contributed by atoms with E-state index in [1.54, 1.807) is 0 Å². The number of aliphatic carboxylic acids is 1. The number of carboxylic acids is 1. The number of fused-ring (bicyclic) bond motifs is 2. The molecule has 66 valence electrons. The molecule has 0 spiro atoms. The van der Waals surface area contributed by atoms with Crippen LogP contribution in [0.3, 0.4) is 0 Å². The van der Waals surface area contributed by atoms with E-state index in [1.807, 2.05) is 0 Å². The van der Waals surface area contributed by atoms with Crippen LogP contribution in [0.5, 0.6) is 0 Å². The van der Waals surface area contributed by atoms with Crippen molar-refractivity contribution in [3.8, 4) is 0 Å². The number of carboxylic acid groups (broad SMARTS) is 1. The van der Waals surface area contributed by atoms with Crippen LogP contribution in [0.1, 0.15) is 12.8 Å². The van der Waals surface area contributed by atoms with Gasteiger partial charge in [0.2, 0.25) is 0 Å². The van der Waals surface area contributed by atoms with E-state index in [9.17, 15) is 9.59 Å². The minimum atomic E-state index is -0.803. The van der Waals surface area contributed by atoms with Crippen LogP contribution in [0.2, 0.25) is 0 Å². The summed E-state index contributed by atoms with van der Waals surface area (Å²) in [6, 6.07) is 0. The van der Waals surface area contributed by atoms with Crippen LogP contribution in [0.4, 0.5) is 0 Å². The van der Waals surface area contributed by atoms with Crippen LogP contribution in [0.15, 0.2) is 0 Å². The number of hydrogen-bond acceptors (Lipinski definition) is 3. The van der Waals surface area contributed by atoms with Gasteiger partial charge >= 0.3 is 5.97 Å². The fourth-order valence-electron chi connectivity index (χ4n) is 1.93. The maximum absolute atomic E-state index is 11.2. The van der Waals surface area contributed by atoms with Gasteiger partial charge in [-0.15, -0.1) is 0 Å². The normalized spacial score (nSPS) is 40.0. The highest BCUT2D eigenvalue weighted by Gasteiger charge is 2.44. The molecule has 1 saturated carbocycles. The second-order valence-corrected chi connectivity index (χ2v) is 3.43. The molecule has 2 aliphatic rings. The lowest BCUT2D eigenvalue weighted by Gasteiger charge is -2.21. The van der Waals surface area contributed by atoms with Gasteiger partial charge in [0, 0.05) is 5.92 Å². The van der Waals surface area contributed by atoms with Crippen molar-refractivity contribution in [2.75, 3.05) is 6.61 Å². The Balaban J connectivity index is 2.12. The van der Waals surface area contributed by atoms with Crippen LogP contribution < -0.4 is 0 Å². The quantitative estimate of drug-likeness (QED) is 0.604. The minimum Gasteiger partial charge on any atom is -0.481 e. The van der Waals surface area contributed by atoms with Crippen molar-refractivity contribution in [1.29, 1.82) is 0 Å². The van der Waals surface area contributed by atoms with E-state index in [4.69, 9.17) is 9.84 Å². The standard InChI is InChI=1S/C8H10O4/c9-7-5-1-4(8(10)11)2-6(7)12-3-5/h4-6H,1-3H2,(H,10,11)/t4-,5+,6-/m1/s1. The summed E-state index contributed by atoms with van der Waals surface area (Å²) in [5.41, 5.74) is 0. The Morgan fingerprint density at radius 1 is 1.50 bits per heavy atom. The van der Waals surface area contributed by atoms with Gasteiger partial charge in [0.05, 0.1) is 12.5 Å². The molecule has 0 aromatic heterocycles. The lowest BCUT2D eigenvalue weighted by molar-refractivity contribution is -0.145. The maximum atomic E-state index is 11.2. The smallest absolute Gasteiger partial charge is 0.306 e. The summed E-state index contributed by atoms with van der Waals surface area (Å²) < 4.78 is 5.16. The van der Waals surface area contributed by atoms with Gasteiger partial charge < -0.3 is 9.84 Å². The third kappa shape index (κ3) is 1.03. The van der Waals surface area contributed by atoms with Gasteiger partial charge in [0.1, 0.15) is 6.10 Å². The molecule has 0 radical (unpaired) electrons. The van der Waals surface area contributed by atoms with Crippen molar-refractivity contribution >= 4 is 11.8 Å². The summed E-state index contributed by atoms with van der Waals surface area (Å²) in [6.07, 6.45) is 0.403. The van der Waals surface area contributed by atoms with Gasteiger partial charge in [-0.1, -0.05) is 0 Å². The number of ketones is 1. The van der Waals surface area contributed by atoms with E-state index in [1.165, 1.54) is 0 Å². The third-order valence-electron chi connectivity index (χ3n) is 2.64. The molecule has 4 heteroatoms. The molecule has 12 heavy (non-hydrogen) atoms. The van der Waals surface area contributed by atoms with Crippen molar-refractivity contribution in [2.45, 2.75) is 18.9 Å². The molecule has 0 aromatic rings. The zero-order valence-electron chi connectivity index (χ0n) is 6.53. The predicted molar refractivity (Wildman–Crippen MR) is 38.6 cm³/mol. The summed E-state index contributed by atoms with van der Waals surface area (Å²) in [4.78, 5) is 21.9. The molecule has 2 bridgehead atoms. The molecule has 0 amide bonds. The van der Waals surface area contributed by atoms with Crippen molar-refractivity contribution in [3.05, 3.63) is 0 Å². The van der Waals surface area contributed by atoms with Crippen LogP contribution in [-0.2, 0) is 14.3 Å². The van der Waals surface area contributed by atoms with Gasteiger partial charge in [0.25, 0.3) is 0 Å². The third-order valence-corrected chi connectivity index (χ3v) is 2.64. The number of rotatable bonds is 1.